The van der Waals surface area contributed by atoms with Crippen molar-refractivity contribution in [1.82, 2.24) is 0 Å². The Kier molecular flexibility index (Phi) is 9.80. The maximum Gasteiger partial charge on any atom is 0.264 e. The van der Waals surface area contributed by atoms with Crippen molar-refractivity contribution in [3.63, 3.8) is 0 Å². The quantitative estimate of drug-likeness (QED) is 0.298. The van der Waals surface area contributed by atoms with Crippen molar-refractivity contribution in [3.05, 3.63) is 0 Å². The van der Waals surface area contributed by atoms with Gasteiger partial charge in [-0.2, -0.15) is 8.42 Å². The Balaban J connectivity index is 4.25. The first kappa shape index (κ1) is 22.8. The molecule has 0 saturated heterocycles. The van der Waals surface area contributed by atoms with Crippen LogP contribution in [-0.4, -0.2) is 42.0 Å². The molecule has 0 aliphatic heterocycles. The molecule has 0 saturated carbocycles. The van der Waals surface area contributed by atoms with Gasteiger partial charge in [0.2, 0.25) is 0 Å². The lowest BCUT2D eigenvalue weighted by Gasteiger charge is -2.42. The van der Waals surface area contributed by atoms with Crippen molar-refractivity contribution in [2.45, 2.75) is 77.4 Å². The van der Waals surface area contributed by atoms with E-state index in [0.717, 1.165) is 12.7 Å². The largest absolute Gasteiger partial charge is 0.416 e. The molecule has 0 N–H and O–H groups in total. The second-order valence-electron chi connectivity index (χ2n) is 7.13. The average Bonchev–Trinajstić information content (AvgIpc) is 2.38. The normalized spacial score (nSPS) is 13.3. The minimum atomic E-state index is -3.54. The minimum Gasteiger partial charge on any atom is -0.416 e. The molecule has 138 valence electrons. The van der Waals surface area contributed by atoms with E-state index in [4.69, 9.17) is 4.43 Å². The molecule has 23 heavy (non-hydrogen) atoms. The minimum absolute atomic E-state index is 0.185. The van der Waals surface area contributed by atoms with Crippen LogP contribution in [0.5, 0.6) is 0 Å². The third-order valence-electron chi connectivity index (χ3n) is 4.34. The molecule has 0 aromatic carbocycles. The van der Waals surface area contributed by atoms with E-state index in [1.54, 1.807) is 0 Å². The van der Waals surface area contributed by atoms with Crippen LogP contribution in [-0.2, 0) is 23.5 Å². The third-order valence-corrected chi connectivity index (χ3v) is 11.0. The average molecular weight is 367 g/mol. The molecule has 0 fully saturated rings. The number of carbonyl (C=O) groups is 1. The van der Waals surface area contributed by atoms with Crippen LogP contribution in [0, 0.1) is 0 Å². The third kappa shape index (κ3) is 7.91. The van der Waals surface area contributed by atoms with Gasteiger partial charge in [0.25, 0.3) is 10.1 Å². The van der Waals surface area contributed by atoms with Gasteiger partial charge in [0, 0.05) is 13.0 Å². The number of rotatable bonds is 12. The van der Waals surface area contributed by atoms with Crippen LogP contribution < -0.4 is 0 Å². The zero-order valence-corrected chi connectivity index (χ0v) is 17.5. The molecular weight excluding hydrogens is 332 g/mol. The van der Waals surface area contributed by atoms with E-state index in [1.807, 2.05) is 0 Å². The summed E-state index contributed by atoms with van der Waals surface area (Å²) in [4.78, 5) is 11.6. The van der Waals surface area contributed by atoms with Gasteiger partial charge in [-0.3, -0.25) is 8.98 Å². The molecule has 0 aromatic rings. The van der Waals surface area contributed by atoms with Crippen LogP contribution in [0.3, 0.4) is 0 Å². The Bertz CT molecular complexity index is 435. The van der Waals surface area contributed by atoms with E-state index < -0.39 is 18.4 Å². The van der Waals surface area contributed by atoms with Crippen molar-refractivity contribution in [3.8, 4) is 0 Å². The van der Waals surface area contributed by atoms with Crippen LogP contribution in [0.2, 0.25) is 16.6 Å². The van der Waals surface area contributed by atoms with Gasteiger partial charge < -0.3 is 4.43 Å². The van der Waals surface area contributed by atoms with Crippen molar-refractivity contribution in [2.24, 2.45) is 0 Å². The second-order valence-corrected chi connectivity index (χ2v) is 14.2. The van der Waals surface area contributed by atoms with E-state index in [0.29, 0.717) is 36.1 Å². The highest BCUT2D eigenvalue weighted by molar-refractivity contribution is 7.86. The Morgan fingerprint density at radius 3 is 1.83 bits per heavy atom. The Morgan fingerprint density at radius 1 is 0.957 bits per heavy atom. The van der Waals surface area contributed by atoms with Gasteiger partial charge in [0.1, 0.15) is 6.61 Å². The van der Waals surface area contributed by atoms with Gasteiger partial charge in [-0.15, -0.1) is 0 Å². The Hall–Kier alpha value is -0.243. The molecule has 0 atom stereocenters. The lowest BCUT2D eigenvalue weighted by atomic mass is 10.2. The van der Waals surface area contributed by atoms with Gasteiger partial charge in [-0.1, -0.05) is 41.5 Å². The van der Waals surface area contributed by atoms with Gasteiger partial charge in [0.15, 0.2) is 14.1 Å². The summed E-state index contributed by atoms with van der Waals surface area (Å²) in [5.74, 6) is -0.185. The molecule has 0 aliphatic rings. The molecule has 0 aliphatic carbocycles. The summed E-state index contributed by atoms with van der Waals surface area (Å²) in [6.45, 7) is 13.8. The lowest BCUT2D eigenvalue weighted by Crippen LogP contribution is -2.47. The van der Waals surface area contributed by atoms with E-state index in [-0.39, 0.29) is 12.4 Å². The summed E-state index contributed by atoms with van der Waals surface area (Å²) in [6.07, 6.45) is 2.79. The Morgan fingerprint density at radius 2 is 1.43 bits per heavy atom. The van der Waals surface area contributed by atoms with Crippen LogP contribution in [0.15, 0.2) is 0 Å². The highest BCUT2D eigenvalue weighted by Gasteiger charge is 2.44. The molecule has 0 bridgehead atoms. The van der Waals surface area contributed by atoms with Crippen LogP contribution in [0.4, 0.5) is 0 Å². The molecule has 0 unspecified atom stereocenters. The number of carbonyl (C=O) groups excluding carboxylic acids is 1. The zero-order valence-electron chi connectivity index (χ0n) is 15.7. The van der Waals surface area contributed by atoms with E-state index in [9.17, 15) is 13.2 Å². The monoisotopic (exact) mass is 366 g/mol. The van der Waals surface area contributed by atoms with Gasteiger partial charge in [-0.25, -0.2) is 0 Å². The highest BCUT2D eigenvalue weighted by atomic mass is 32.2. The molecular formula is C16H34O5SSi. The molecule has 0 aromatic heterocycles. The van der Waals surface area contributed by atoms with E-state index in [2.05, 4.69) is 45.7 Å². The number of Topliss-reactive ketones (excluding diaryl/α,β-unsaturated/α-hetero) is 1. The molecule has 0 amide bonds. The van der Waals surface area contributed by atoms with Gasteiger partial charge in [-0.05, 0) is 29.5 Å². The van der Waals surface area contributed by atoms with Gasteiger partial charge >= 0.3 is 0 Å². The first-order valence-corrected chi connectivity index (χ1v) is 12.4. The standard InChI is InChI=1S/C16H34O5SSi/c1-13(2)23(14(3)4,15(5)6)21-11-9-8-10-16(17)12-20-22(7,18)19/h13-15H,8-12H2,1-7H3. The fraction of sp³-hybridized carbons (Fsp3) is 0.938. The summed E-state index contributed by atoms with van der Waals surface area (Å²) in [6, 6.07) is 0. The lowest BCUT2D eigenvalue weighted by molar-refractivity contribution is -0.121. The molecule has 0 rings (SSSR count). The summed E-state index contributed by atoms with van der Waals surface area (Å²) < 4.78 is 32.6. The maximum absolute atomic E-state index is 11.6. The van der Waals surface area contributed by atoms with Gasteiger partial charge in [0.05, 0.1) is 6.26 Å². The SMILES string of the molecule is CC(C)[Si](OCCCCC(=O)COS(C)(=O)=O)(C(C)C)C(C)C. The number of hydrogen-bond donors (Lipinski definition) is 0. The van der Waals surface area contributed by atoms with Crippen molar-refractivity contribution in [2.75, 3.05) is 19.5 Å². The van der Waals surface area contributed by atoms with Crippen molar-refractivity contribution >= 4 is 24.2 Å². The predicted molar refractivity (Wildman–Crippen MR) is 96.7 cm³/mol. The van der Waals surface area contributed by atoms with E-state index >= 15 is 0 Å². The summed E-state index contributed by atoms with van der Waals surface area (Å²) in [5, 5.41) is 0. The van der Waals surface area contributed by atoms with Crippen molar-refractivity contribution < 1.29 is 21.8 Å². The smallest absolute Gasteiger partial charge is 0.264 e. The molecule has 5 nitrogen and oxygen atoms in total. The van der Waals surface area contributed by atoms with Crippen LogP contribution >= 0.6 is 0 Å². The summed E-state index contributed by atoms with van der Waals surface area (Å²) >= 11 is 0. The highest BCUT2D eigenvalue weighted by Crippen LogP contribution is 2.42. The number of ketones is 1. The molecule has 0 heterocycles. The number of hydrogen-bond acceptors (Lipinski definition) is 5. The van der Waals surface area contributed by atoms with Crippen LogP contribution in [0.1, 0.15) is 60.8 Å². The van der Waals surface area contributed by atoms with Crippen molar-refractivity contribution in [1.29, 1.82) is 0 Å². The maximum atomic E-state index is 11.6. The summed E-state index contributed by atoms with van der Waals surface area (Å²) in [7, 11) is -5.38. The molecule has 7 heteroatoms. The first-order chi connectivity index (χ1) is 10.4. The predicted octanol–water partition coefficient (Wildman–Crippen LogP) is 3.89. The number of unbranched alkanes of at least 4 members (excludes halogenated alkanes) is 1. The topological polar surface area (TPSA) is 69.7 Å². The first-order valence-electron chi connectivity index (χ1n) is 8.43. The molecule has 0 spiro atoms. The Labute approximate surface area is 143 Å². The summed E-state index contributed by atoms with van der Waals surface area (Å²) in [5.41, 5.74) is 1.65. The fourth-order valence-corrected chi connectivity index (χ4v) is 9.26. The second kappa shape index (κ2) is 9.91. The molecule has 0 radical (unpaired) electrons. The fourth-order valence-electron chi connectivity index (χ4n) is 3.42. The van der Waals surface area contributed by atoms with Crippen LogP contribution in [0.25, 0.3) is 0 Å². The van der Waals surface area contributed by atoms with E-state index in [1.165, 1.54) is 0 Å². The zero-order chi connectivity index (χ0) is 18.3.